The number of hydrogen-bond acceptors (Lipinski definition) is 4. The quantitative estimate of drug-likeness (QED) is 0.491. The SMILES string of the molecule is O=S1(=O)OC2CC3CC1C2N3. The molecular weight excluding hydrogens is 166 g/mol. The average Bonchev–Trinajstić information content (AvgIpc) is 2.44. The summed E-state index contributed by atoms with van der Waals surface area (Å²) >= 11 is 0. The molecule has 4 unspecified atom stereocenters. The van der Waals surface area contributed by atoms with Crippen LogP contribution in [0.25, 0.3) is 0 Å². The van der Waals surface area contributed by atoms with E-state index in [0.717, 1.165) is 12.8 Å². The molecule has 3 fully saturated rings. The zero-order chi connectivity index (χ0) is 7.64. The van der Waals surface area contributed by atoms with Gasteiger partial charge < -0.3 is 5.32 Å². The van der Waals surface area contributed by atoms with E-state index in [1.165, 1.54) is 0 Å². The van der Waals surface area contributed by atoms with E-state index >= 15 is 0 Å². The number of nitrogens with one attached hydrogen (secondary N) is 1. The van der Waals surface area contributed by atoms with E-state index in [1.807, 2.05) is 0 Å². The minimum absolute atomic E-state index is 0.0521. The lowest BCUT2D eigenvalue weighted by Crippen LogP contribution is -2.31. The highest BCUT2D eigenvalue weighted by Crippen LogP contribution is 2.41. The van der Waals surface area contributed by atoms with Gasteiger partial charge in [-0.2, -0.15) is 8.42 Å². The highest BCUT2D eigenvalue weighted by atomic mass is 32.2. The smallest absolute Gasteiger partial charge is 0.272 e. The first-order valence-corrected chi connectivity index (χ1v) is 5.32. The Hall–Kier alpha value is -0.130. The van der Waals surface area contributed by atoms with E-state index in [1.54, 1.807) is 0 Å². The fourth-order valence-electron chi connectivity index (χ4n) is 2.45. The molecule has 0 aromatic rings. The van der Waals surface area contributed by atoms with Gasteiger partial charge in [-0.3, -0.25) is 4.18 Å². The van der Waals surface area contributed by atoms with Crippen molar-refractivity contribution >= 4 is 10.1 Å². The first-order valence-electron chi connectivity index (χ1n) is 3.85. The molecular formula is C6H9NO3S. The lowest BCUT2D eigenvalue weighted by atomic mass is 9.98. The lowest BCUT2D eigenvalue weighted by molar-refractivity contribution is 0.225. The predicted octanol–water partition coefficient (Wildman–Crippen LogP) is -0.782. The molecule has 11 heavy (non-hydrogen) atoms. The number of rotatable bonds is 0. The van der Waals surface area contributed by atoms with Crippen LogP contribution in [0, 0.1) is 0 Å². The van der Waals surface area contributed by atoms with Crippen LogP contribution in [0.4, 0.5) is 0 Å². The summed E-state index contributed by atoms with van der Waals surface area (Å²) in [4.78, 5) is 0. The zero-order valence-corrected chi connectivity index (χ0v) is 6.67. The van der Waals surface area contributed by atoms with Crippen molar-refractivity contribution in [3.8, 4) is 0 Å². The second-order valence-electron chi connectivity index (χ2n) is 3.53. The molecule has 4 atom stereocenters. The summed E-state index contributed by atoms with van der Waals surface area (Å²) in [7, 11) is -3.19. The standard InChI is InChI=1S/C6H9NO3S/c8-11(9)5-2-3-1-4(10-11)6(5)7-3/h3-7H,1-2H2. The van der Waals surface area contributed by atoms with Gasteiger partial charge in [0.15, 0.2) is 0 Å². The van der Waals surface area contributed by atoms with Gasteiger partial charge in [0.1, 0.15) is 5.25 Å². The minimum Gasteiger partial charge on any atom is -0.307 e. The molecule has 0 aromatic heterocycles. The van der Waals surface area contributed by atoms with E-state index < -0.39 is 10.1 Å². The molecule has 5 heteroatoms. The zero-order valence-electron chi connectivity index (χ0n) is 5.86. The first-order chi connectivity index (χ1) is 5.17. The Bertz CT molecular complexity index is 297. The maximum absolute atomic E-state index is 11.2. The molecule has 4 nitrogen and oxygen atoms in total. The van der Waals surface area contributed by atoms with Crippen LogP contribution in [-0.4, -0.2) is 31.9 Å². The monoisotopic (exact) mass is 175 g/mol. The normalized spacial score (nSPS) is 57.1. The number of fused-ring (bicyclic) bond motifs is 1. The fourth-order valence-corrected chi connectivity index (χ4v) is 4.22. The van der Waals surface area contributed by atoms with Gasteiger partial charge >= 0.3 is 0 Å². The van der Waals surface area contributed by atoms with Crippen molar-refractivity contribution < 1.29 is 12.6 Å². The lowest BCUT2D eigenvalue weighted by Gasteiger charge is -2.09. The molecule has 3 saturated heterocycles. The van der Waals surface area contributed by atoms with Crippen molar-refractivity contribution in [1.29, 1.82) is 0 Å². The van der Waals surface area contributed by atoms with Gasteiger partial charge in [-0.15, -0.1) is 0 Å². The molecule has 3 aliphatic heterocycles. The molecule has 1 N–H and O–H groups in total. The van der Waals surface area contributed by atoms with Crippen molar-refractivity contribution in [2.75, 3.05) is 0 Å². The minimum atomic E-state index is -3.19. The molecule has 62 valence electrons. The van der Waals surface area contributed by atoms with Crippen molar-refractivity contribution in [3.05, 3.63) is 0 Å². The van der Waals surface area contributed by atoms with Crippen LogP contribution in [0.5, 0.6) is 0 Å². The van der Waals surface area contributed by atoms with Crippen LogP contribution in [0.15, 0.2) is 0 Å². The van der Waals surface area contributed by atoms with Gasteiger partial charge in [0.25, 0.3) is 10.1 Å². The maximum atomic E-state index is 11.2. The molecule has 0 saturated carbocycles. The Labute approximate surface area is 65.0 Å². The Kier molecular flexibility index (Phi) is 0.944. The van der Waals surface area contributed by atoms with Crippen molar-refractivity contribution in [3.63, 3.8) is 0 Å². The third-order valence-electron chi connectivity index (χ3n) is 2.89. The first kappa shape index (κ1) is 6.39. The summed E-state index contributed by atoms with van der Waals surface area (Å²) in [6, 6.07) is 0.497. The molecule has 3 aliphatic rings. The summed E-state index contributed by atoms with van der Waals surface area (Å²) in [5.41, 5.74) is 0. The van der Waals surface area contributed by atoms with E-state index in [9.17, 15) is 8.42 Å². The Morgan fingerprint density at radius 1 is 1.36 bits per heavy atom. The van der Waals surface area contributed by atoms with Crippen LogP contribution in [0.1, 0.15) is 12.8 Å². The highest BCUT2D eigenvalue weighted by molar-refractivity contribution is 7.87. The molecule has 0 amide bonds. The van der Waals surface area contributed by atoms with Crippen LogP contribution in [0.3, 0.4) is 0 Å². The third kappa shape index (κ3) is 0.641. The van der Waals surface area contributed by atoms with E-state index in [4.69, 9.17) is 4.18 Å². The summed E-state index contributed by atoms with van der Waals surface area (Å²) in [6.07, 6.45) is 1.58. The summed E-state index contributed by atoms with van der Waals surface area (Å²) in [5, 5.41) is 3.00. The van der Waals surface area contributed by atoms with E-state index in [0.29, 0.717) is 6.04 Å². The van der Waals surface area contributed by atoms with Gasteiger partial charge in [0.05, 0.1) is 12.1 Å². The van der Waals surface area contributed by atoms with Gasteiger partial charge in [-0.25, -0.2) is 0 Å². The molecule has 0 radical (unpaired) electrons. The average molecular weight is 175 g/mol. The molecule has 3 rings (SSSR count). The summed E-state index contributed by atoms with van der Waals surface area (Å²) < 4.78 is 27.4. The van der Waals surface area contributed by atoms with Crippen LogP contribution in [0.2, 0.25) is 0 Å². The predicted molar refractivity (Wildman–Crippen MR) is 37.5 cm³/mol. The largest absolute Gasteiger partial charge is 0.307 e. The molecule has 0 spiro atoms. The van der Waals surface area contributed by atoms with Crippen LogP contribution in [-0.2, 0) is 14.3 Å². The van der Waals surface area contributed by atoms with E-state index in [2.05, 4.69) is 5.32 Å². The molecule has 0 aliphatic carbocycles. The van der Waals surface area contributed by atoms with Gasteiger partial charge in [0.2, 0.25) is 0 Å². The number of hydrogen-bond donors (Lipinski definition) is 1. The fraction of sp³-hybridized carbons (Fsp3) is 1.00. The van der Waals surface area contributed by atoms with Gasteiger partial charge in [0, 0.05) is 6.04 Å². The summed E-state index contributed by atoms with van der Waals surface area (Å²) in [6.45, 7) is 0. The Balaban J connectivity index is 2.14. The van der Waals surface area contributed by atoms with E-state index in [-0.39, 0.29) is 17.4 Å². The van der Waals surface area contributed by atoms with Gasteiger partial charge in [-0.1, -0.05) is 0 Å². The maximum Gasteiger partial charge on any atom is 0.272 e. The molecule has 0 aromatic carbocycles. The Morgan fingerprint density at radius 3 is 2.73 bits per heavy atom. The molecule has 2 bridgehead atoms. The second-order valence-corrected chi connectivity index (χ2v) is 5.31. The second kappa shape index (κ2) is 1.62. The van der Waals surface area contributed by atoms with Crippen LogP contribution < -0.4 is 5.32 Å². The topological polar surface area (TPSA) is 55.4 Å². The Morgan fingerprint density at radius 2 is 2.18 bits per heavy atom. The van der Waals surface area contributed by atoms with Crippen molar-refractivity contribution in [2.24, 2.45) is 0 Å². The van der Waals surface area contributed by atoms with Crippen molar-refractivity contribution in [1.82, 2.24) is 5.32 Å². The molecule has 3 heterocycles. The van der Waals surface area contributed by atoms with Crippen molar-refractivity contribution in [2.45, 2.75) is 36.3 Å². The highest BCUT2D eigenvalue weighted by Gasteiger charge is 2.59. The third-order valence-corrected chi connectivity index (χ3v) is 4.63. The summed E-state index contributed by atoms with van der Waals surface area (Å²) in [5.74, 6) is 0. The van der Waals surface area contributed by atoms with Crippen LogP contribution >= 0.6 is 0 Å². The van der Waals surface area contributed by atoms with Gasteiger partial charge in [-0.05, 0) is 12.8 Å².